The van der Waals surface area contributed by atoms with E-state index in [1.807, 2.05) is 19.3 Å². The van der Waals surface area contributed by atoms with E-state index in [2.05, 4.69) is 4.72 Å². The van der Waals surface area contributed by atoms with Crippen molar-refractivity contribution in [3.05, 3.63) is 54.4 Å². The summed E-state index contributed by atoms with van der Waals surface area (Å²) < 4.78 is 29.2. The molecule has 2 heterocycles. The molecule has 1 aromatic heterocycles. The Labute approximate surface area is 142 Å². The maximum Gasteiger partial charge on any atom is 0.270 e. The molecule has 0 atom stereocenters. The van der Waals surface area contributed by atoms with Crippen LogP contribution in [-0.2, 0) is 17.1 Å². The predicted molar refractivity (Wildman–Crippen MR) is 91.1 cm³/mol. The van der Waals surface area contributed by atoms with Gasteiger partial charge in [-0.25, -0.2) is 13.1 Å². The van der Waals surface area contributed by atoms with Gasteiger partial charge in [-0.2, -0.15) is 0 Å². The van der Waals surface area contributed by atoms with Gasteiger partial charge in [0.25, 0.3) is 5.91 Å². The van der Waals surface area contributed by atoms with Crippen LogP contribution in [0.1, 0.15) is 23.3 Å². The summed E-state index contributed by atoms with van der Waals surface area (Å²) in [5.74, 6) is -0.00753. The van der Waals surface area contributed by atoms with Crippen molar-refractivity contribution in [2.45, 2.75) is 23.8 Å². The second-order valence-electron chi connectivity index (χ2n) is 6.01. The Balaban J connectivity index is 1.60. The molecule has 6 nitrogen and oxygen atoms in total. The number of likely N-dealkylation sites (tertiary alicyclic amines) is 1. The molecular weight excluding hydrogens is 326 g/mol. The zero-order chi connectivity index (χ0) is 17.2. The molecule has 1 aliphatic heterocycles. The first-order valence-electron chi connectivity index (χ1n) is 7.95. The summed E-state index contributed by atoms with van der Waals surface area (Å²) in [6.45, 7) is 1.10. The number of nitrogens with zero attached hydrogens (tertiary/aromatic N) is 2. The molecular formula is C17H21N3O3S. The van der Waals surface area contributed by atoms with Crippen molar-refractivity contribution >= 4 is 15.9 Å². The van der Waals surface area contributed by atoms with Crippen molar-refractivity contribution in [3.8, 4) is 0 Å². The van der Waals surface area contributed by atoms with Crippen LogP contribution in [0.4, 0.5) is 0 Å². The Morgan fingerprint density at radius 1 is 1.08 bits per heavy atom. The molecule has 2 aromatic rings. The highest BCUT2D eigenvalue weighted by molar-refractivity contribution is 7.89. The molecule has 7 heteroatoms. The predicted octanol–water partition coefficient (Wildman–Crippen LogP) is 1.61. The van der Waals surface area contributed by atoms with E-state index in [-0.39, 0.29) is 16.8 Å². The molecule has 0 bridgehead atoms. The summed E-state index contributed by atoms with van der Waals surface area (Å²) >= 11 is 0. The standard InChI is InChI=1S/C17H21N3O3S/c1-19-11-5-8-16(19)17(21)20-12-9-14(10-13-20)18-24(22,23)15-6-3-2-4-7-15/h2-8,11,14,18H,9-10,12-13H2,1H3. The summed E-state index contributed by atoms with van der Waals surface area (Å²) in [6.07, 6.45) is 3.07. The minimum absolute atomic E-state index is 0.00753. The molecule has 1 saturated heterocycles. The van der Waals surface area contributed by atoms with E-state index in [9.17, 15) is 13.2 Å². The van der Waals surface area contributed by atoms with Gasteiger partial charge in [-0.1, -0.05) is 18.2 Å². The number of carbonyl (C=O) groups is 1. The van der Waals surface area contributed by atoms with Crippen molar-refractivity contribution in [3.63, 3.8) is 0 Å². The molecule has 3 rings (SSSR count). The number of sulfonamides is 1. The lowest BCUT2D eigenvalue weighted by Gasteiger charge is -2.32. The molecule has 128 valence electrons. The van der Waals surface area contributed by atoms with Crippen molar-refractivity contribution in [1.82, 2.24) is 14.2 Å². The van der Waals surface area contributed by atoms with Crippen LogP contribution in [0.3, 0.4) is 0 Å². The zero-order valence-corrected chi connectivity index (χ0v) is 14.4. The SMILES string of the molecule is Cn1cccc1C(=O)N1CCC(NS(=O)(=O)c2ccccc2)CC1. The Morgan fingerprint density at radius 2 is 1.75 bits per heavy atom. The lowest BCUT2D eigenvalue weighted by Crippen LogP contribution is -2.46. The number of benzene rings is 1. The fourth-order valence-corrected chi connectivity index (χ4v) is 4.26. The lowest BCUT2D eigenvalue weighted by molar-refractivity contribution is 0.0701. The number of aryl methyl sites for hydroxylation is 1. The van der Waals surface area contributed by atoms with Crippen LogP contribution in [0.5, 0.6) is 0 Å². The molecule has 1 N–H and O–H groups in total. The van der Waals surface area contributed by atoms with E-state index >= 15 is 0 Å². The summed E-state index contributed by atoms with van der Waals surface area (Å²) in [5.41, 5.74) is 0.651. The van der Waals surface area contributed by atoms with Crippen LogP contribution in [0, 0.1) is 0 Å². The van der Waals surface area contributed by atoms with Crippen LogP contribution < -0.4 is 4.72 Å². The molecule has 1 fully saturated rings. The van der Waals surface area contributed by atoms with Crippen molar-refractivity contribution in [1.29, 1.82) is 0 Å². The monoisotopic (exact) mass is 347 g/mol. The number of carbonyl (C=O) groups excluding carboxylic acids is 1. The highest BCUT2D eigenvalue weighted by Crippen LogP contribution is 2.17. The van der Waals surface area contributed by atoms with Gasteiger partial charge in [0.05, 0.1) is 4.90 Å². The average molecular weight is 347 g/mol. The van der Waals surface area contributed by atoms with Gasteiger partial charge in [0.1, 0.15) is 5.69 Å². The smallest absolute Gasteiger partial charge is 0.270 e. The topological polar surface area (TPSA) is 71.4 Å². The van der Waals surface area contributed by atoms with Gasteiger partial charge in [-0.3, -0.25) is 4.79 Å². The number of rotatable bonds is 4. The van der Waals surface area contributed by atoms with Crippen LogP contribution in [0.25, 0.3) is 0 Å². The van der Waals surface area contributed by atoms with Gasteiger partial charge in [0, 0.05) is 32.4 Å². The highest BCUT2D eigenvalue weighted by atomic mass is 32.2. The molecule has 0 saturated carbocycles. The first-order valence-corrected chi connectivity index (χ1v) is 9.44. The van der Waals surface area contributed by atoms with Crippen molar-refractivity contribution in [2.75, 3.05) is 13.1 Å². The van der Waals surface area contributed by atoms with E-state index in [0.717, 1.165) is 0 Å². The molecule has 0 aliphatic carbocycles. The van der Waals surface area contributed by atoms with E-state index < -0.39 is 10.0 Å². The van der Waals surface area contributed by atoms with Gasteiger partial charge >= 0.3 is 0 Å². The first kappa shape index (κ1) is 16.7. The minimum atomic E-state index is -3.51. The number of hydrogen-bond donors (Lipinski definition) is 1. The average Bonchev–Trinajstić information content (AvgIpc) is 3.01. The maximum atomic E-state index is 12.5. The molecule has 1 aromatic carbocycles. The second kappa shape index (κ2) is 6.78. The van der Waals surface area contributed by atoms with Crippen LogP contribution in [0.15, 0.2) is 53.6 Å². The van der Waals surface area contributed by atoms with E-state index in [1.165, 1.54) is 0 Å². The number of aromatic nitrogens is 1. The van der Waals surface area contributed by atoms with E-state index in [0.29, 0.717) is 31.6 Å². The largest absolute Gasteiger partial charge is 0.347 e. The summed E-state index contributed by atoms with van der Waals surface area (Å²) in [6, 6.07) is 11.8. The number of amides is 1. The molecule has 0 unspecified atom stereocenters. The second-order valence-corrected chi connectivity index (χ2v) is 7.72. The third-order valence-electron chi connectivity index (χ3n) is 4.32. The number of hydrogen-bond acceptors (Lipinski definition) is 3. The van der Waals surface area contributed by atoms with E-state index in [4.69, 9.17) is 0 Å². The third-order valence-corrected chi connectivity index (χ3v) is 5.86. The highest BCUT2D eigenvalue weighted by Gasteiger charge is 2.27. The van der Waals surface area contributed by atoms with Crippen molar-refractivity contribution in [2.24, 2.45) is 7.05 Å². The van der Waals surface area contributed by atoms with Crippen molar-refractivity contribution < 1.29 is 13.2 Å². The molecule has 24 heavy (non-hydrogen) atoms. The summed E-state index contributed by atoms with van der Waals surface area (Å²) in [7, 11) is -1.66. The number of piperidine rings is 1. The first-order chi connectivity index (χ1) is 11.5. The van der Waals surface area contributed by atoms with E-state index in [1.54, 1.807) is 45.9 Å². The van der Waals surface area contributed by atoms with Crippen LogP contribution in [-0.4, -0.2) is 42.9 Å². The zero-order valence-electron chi connectivity index (χ0n) is 13.6. The Bertz CT molecular complexity index is 807. The molecule has 1 amide bonds. The maximum absolute atomic E-state index is 12.5. The Kier molecular flexibility index (Phi) is 4.73. The molecule has 1 aliphatic rings. The summed E-state index contributed by atoms with van der Waals surface area (Å²) in [5, 5.41) is 0. The van der Waals surface area contributed by atoms with Crippen LogP contribution >= 0.6 is 0 Å². The molecule has 0 radical (unpaired) electrons. The quantitative estimate of drug-likeness (QED) is 0.913. The molecule has 0 spiro atoms. The van der Waals surface area contributed by atoms with Gasteiger partial charge in [0.15, 0.2) is 0 Å². The Morgan fingerprint density at radius 3 is 2.33 bits per heavy atom. The third kappa shape index (κ3) is 3.52. The summed E-state index contributed by atoms with van der Waals surface area (Å²) in [4.78, 5) is 14.5. The minimum Gasteiger partial charge on any atom is -0.347 e. The van der Waals surface area contributed by atoms with Gasteiger partial charge in [-0.15, -0.1) is 0 Å². The fraction of sp³-hybridized carbons (Fsp3) is 0.353. The normalized spacial score (nSPS) is 16.3. The fourth-order valence-electron chi connectivity index (χ4n) is 2.93. The lowest BCUT2D eigenvalue weighted by atomic mass is 10.1. The number of nitrogens with one attached hydrogen (secondary N) is 1. The van der Waals surface area contributed by atoms with Gasteiger partial charge in [-0.05, 0) is 37.1 Å². The van der Waals surface area contributed by atoms with Gasteiger partial charge in [0.2, 0.25) is 10.0 Å². The Hall–Kier alpha value is -2.12. The van der Waals surface area contributed by atoms with Crippen LogP contribution in [0.2, 0.25) is 0 Å². The van der Waals surface area contributed by atoms with Gasteiger partial charge < -0.3 is 9.47 Å².